The van der Waals surface area contributed by atoms with Gasteiger partial charge in [-0.3, -0.25) is 15.0 Å². The monoisotopic (exact) mass is 337 g/mol. The number of hydrazine groups is 1. The molecule has 7 heteroatoms. The quantitative estimate of drug-likeness (QED) is 0.455. The molecule has 0 unspecified atom stereocenters. The number of anilines is 1. The second-order valence-electron chi connectivity index (χ2n) is 4.51. The molecule has 2 rings (SSSR count). The molecule has 0 spiro atoms. The standard InChI is InChI=1S/C15H13Cl2N3O2/c16-11-4-1-10(13(17)8-11)7-14(21)19-12-5-2-9(3-6-12)15(22)20-18/h1-6,8H,7,18H2,(H,19,21)(H,20,22). The Labute approximate surface area is 137 Å². The Balaban J connectivity index is 2.01. The number of amides is 2. The smallest absolute Gasteiger partial charge is 0.265 e. The summed E-state index contributed by atoms with van der Waals surface area (Å²) in [5.41, 5.74) is 3.69. The topological polar surface area (TPSA) is 84.2 Å². The summed E-state index contributed by atoms with van der Waals surface area (Å²) >= 11 is 11.8. The lowest BCUT2D eigenvalue weighted by Gasteiger charge is -2.07. The van der Waals surface area contributed by atoms with Crippen molar-refractivity contribution in [3.05, 3.63) is 63.6 Å². The summed E-state index contributed by atoms with van der Waals surface area (Å²) in [4.78, 5) is 23.3. The van der Waals surface area contributed by atoms with Gasteiger partial charge in [0.15, 0.2) is 0 Å². The third kappa shape index (κ3) is 4.21. The van der Waals surface area contributed by atoms with E-state index in [1.807, 2.05) is 5.43 Å². The number of halogens is 2. The van der Waals surface area contributed by atoms with Gasteiger partial charge in [0.25, 0.3) is 5.91 Å². The van der Waals surface area contributed by atoms with E-state index in [1.54, 1.807) is 42.5 Å². The maximum absolute atomic E-state index is 12.0. The van der Waals surface area contributed by atoms with Crippen LogP contribution in [0.15, 0.2) is 42.5 Å². The van der Waals surface area contributed by atoms with Crippen molar-refractivity contribution in [2.45, 2.75) is 6.42 Å². The Morgan fingerprint density at radius 2 is 1.73 bits per heavy atom. The van der Waals surface area contributed by atoms with E-state index in [0.29, 0.717) is 26.9 Å². The van der Waals surface area contributed by atoms with E-state index in [1.165, 1.54) is 0 Å². The molecular weight excluding hydrogens is 325 g/mol. The molecule has 2 amide bonds. The summed E-state index contributed by atoms with van der Waals surface area (Å²) in [5, 5.41) is 3.68. The van der Waals surface area contributed by atoms with Crippen molar-refractivity contribution in [2.75, 3.05) is 5.32 Å². The van der Waals surface area contributed by atoms with E-state index < -0.39 is 5.91 Å². The summed E-state index contributed by atoms with van der Waals surface area (Å²) in [6, 6.07) is 11.3. The van der Waals surface area contributed by atoms with Crippen LogP contribution in [0.1, 0.15) is 15.9 Å². The van der Waals surface area contributed by atoms with Crippen LogP contribution in [0, 0.1) is 0 Å². The van der Waals surface area contributed by atoms with Crippen molar-refractivity contribution in [2.24, 2.45) is 5.84 Å². The van der Waals surface area contributed by atoms with Crippen LogP contribution in [-0.4, -0.2) is 11.8 Å². The zero-order valence-corrected chi connectivity index (χ0v) is 12.9. The van der Waals surface area contributed by atoms with E-state index in [-0.39, 0.29) is 12.3 Å². The summed E-state index contributed by atoms with van der Waals surface area (Å²) in [6.07, 6.45) is 0.126. The van der Waals surface area contributed by atoms with Crippen LogP contribution in [0.4, 0.5) is 5.69 Å². The Kier molecular flexibility index (Phi) is 5.38. The number of carbonyl (C=O) groups excluding carboxylic acids is 2. The number of benzene rings is 2. The van der Waals surface area contributed by atoms with Gasteiger partial charge in [0.05, 0.1) is 6.42 Å². The highest BCUT2D eigenvalue weighted by Crippen LogP contribution is 2.21. The lowest BCUT2D eigenvalue weighted by Crippen LogP contribution is -2.29. The van der Waals surface area contributed by atoms with Gasteiger partial charge in [-0.1, -0.05) is 29.3 Å². The van der Waals surface area contributed by atoms with Gasteiger partial charge in [0.2, 0.25) is 5.91 Å². The van der Waals surface area contributed by atoms with Crippen LogP contribution in [0.5, 0.6) is 0 Å². The first-order chi connectivity index (χ1) is 10.5. The summed E-state index contributed by atoms with van der Waals surface area (Å²) in [6.45, 7) is 0. The molecule has 2 aromatic carbocycles. The predicted molar refractivity (Wildman–Crippen MR) is 86.9 cm³/mol. The van der Waals surface area contributed by atoms with E-state index >= 15 is 0 Å². The third-order valence-electron chi connectivity index (χ3n) is 2.93. The molecular formula is C15H13Cl2N3O2. The van der Waals surface area contributed by atoms with Crippen molar-refractivity contribution >= 4 is 40.7 Å². The number of carbonyl (C=O) groups is 2. The van der Waals surface area contributed by atoms with Crippen LogP contribution >= 0.6 is 23.2 Å². The molecule has 0 aliphatic carbocycles. The zero-order chi connectivity index (χ0) is 16.1. The Morgan fingerprint density at radius 1 is 1.05 bits per heavy atom. The second-order valence-corrected chi connectivity index (χ2v) is 5.36. The summed E-state index contributed by atoms with van der Waals surface area (Å²) in [5.74, 6) is 4.42. The van der Waals surface area contributed by atoms with Gasteiger partial charge < -0.3 is 5.32 Å². The summed E-state index contributed by atoms with van der Waals surface area (Å²) < 4.78 is 0. The van der Waals surface area contributed by atoms with Gasteiger partial charge in [-0.25, -0.2) is 5.84 Å². The number of nitrogens with two attached hydrogens (primary N) is 1. The normalized spacial score (nSPS) is 10.1. The molecule has 0 saturated heterocycles. The lowest BCUT2D eigenvalue weighted by molar-refractivity contribution is -0.115. The van der Waals surface area contributed by atoms with E-state index in [2.05, 4.69) is 5.32 Å². The van der Waals surface area contributed by atoms with Crippen LogP contribution in [-0.2, 0) is 11.2 Å². The molecule has 0 radical (unpaired) electrons. The van der Waals surface area contributed by atoms with Gasteiger partial charge in [-0.05, 0) is 42.0 Å². The zero-order valence-electron chi connectivity index (χ0n) is 11.4. The minimum Gasteiger partial charge on any atom is -0.326 e. The van der Waals surface area contributed by atoms with Crippen LogP contribution < -0.4 is 16.6 Å². The molecule has 0 saturated carbocycles. The molecule has 2 aromatic rings. The van der Waals surface area contributed by atoms with Crippen LogP contribution in [0.2, 0.25) is 10.0 Å². The van der Waals surface area contributed by atoms with Crippen LogP contribution in [0.3, 0.4) is 0 Å². The fourth-order valence-electron chi connectivity index (χ4n) is 1.83. The summed E-state index contributed by atoms with van der Waals surface area (Å²) in [7, 11) is 0. The third-order valence-corrected chi connectivity index (χ3v) is 3.52. The SMILES string of the molecule is NNC(=O)c1ccc(NC(=O)Cc2ccc(Cl)cc2Cl)cc1. The lowest BCUT2D eigenvalue weighted by atomic mass is 10.1. The van der Waals surface area contributed by atoms with Crippen LogP contribution in [0.25, 0.3) is 0 Å². The first kappa shape index (κ1) is 16.3. The first-order valence-electron chi connectivity index (χ1n) is 6.34. The van der Waals surface area contributed by atoms with Crippen molar-refractivity contribution in [3.63, 3.8) is 0 Å². The Hall–Kier alpha value is -2.08. The van der Waals surface area contributed by atoms with Gasteiger partial charge in [-0.15, -0.1) is 0 Å². The molecule has 114 valence electrons. The number of hydrogen-bond acceptors (Lipinski definition) is 3. The molecule has 22 heavy (non-hydrogen) atoms. The highest BCUT2D eigenvalue weighted by molar-refractivity contribution is 6.35. The average molecular weight is 338 g/mol. The van der Waals surface area contributed by atoms with Crippen molar-refractivity contribution in [3.8, 4) is 0 Å². The number of nitrogen functional groups attached to an aromatic ring is 1. The molecule has 0 atom stereocenters. The molecule has 0 aliphatic rings. The molecule has 5 nitrogen and oxygen atoms in total. The highest BCUT2D eigenvalue weighted by atomic mass is 35.5. The minimum absolute atomic E-state index is 0.126. The van der Waals surface area contributed by atoms with Crippen molar-refractivity contribution in [1.82, 2.24) is 5.43 Å². The minimum atomic E-state index is -0.397. The second kappa shape index (κ2) is 7.26. The van der Waals surface area contributed by atoms with E-state index in [4.69, 9.17) is 29.0 Å². The Morgan fingerprint density at radius 3 is 2.32 bits per heavy atom. The van der Waals surface area contributed by atoms with Gasteiger partial charge in [0.1, 0.15) is 0 Å². The van der Waals surface area contributed by atoms with Crippen molar-refractivity contribution in [1.29, 1.82) is 0 Å². The number of hydrogen-bond donors (Lipinski definition) is 3. The van der Waals surface area contributed by atoms with E-state index in [0.717, 1.165) is 0 Å². The molecule has 4 N–H and O–H groups in total. The fraction of sp³-hybridized carbons (Fsp3) is 0.0667. The molecule has 0 aromatic heterocycles. The van der Waals surface area contributed by atoms with Gasteiger partial charge >= 0.3 is 0 Å². The highest BCUT2D eigenvalue weighted by Gasteiger charge is 2.09. The first-order valence-corrected chi connectivity index (χ1v) is 7.10. The van der Waals surface area contributed by atoms with E-state index in [9.17, 15) is 9.59 Å². The average Bonchev–Trinajstić information content (AvgIpc) is 2.50. The maximum Gasteiger partial charge on any atom is 0.265 e. The fourth-order valence-corrected chi connectivity index (χ4v) is 2.31. The Bertz CT molecular complexity index is 702. The predicted octanol–water partition coefficient (Wildman–Crippen LogP) is 2.78. The molecule has 0 fully saturated rings. The maximum atomic E-state index is 12.0. The molecule has 0 aliphatic heterocycles. The van der Waals surface area contributed by atoms with Gasteiger partial charge in [-0.2, -0.15) is 0 Å². The number of rotatable bonds is 4. The van der Waals surface area contributed by atoms with Gasteiger partial charge in [0, 0.05) is 21.3 Å². The molecule has 0 bridgehead atoms. The number of nitrogens with one attached hydrogen (secondary N) is 2. The molecule has 0 heterocycles. The van der Waals surface area contributed by atoms with Crippen molar-refractivity contribution < 1.29 is 9.59 Å². The largest absolute Gasteiger partial charge is 0.326 e.